The maximum absolute atomic E-state index is 14.1. The van der Waals surface area contributed by atoms with Crippen LogP contribution in [0.1, 0.15) is 35.1 Å². The molecule has 0 aliphatic carbocycles. The van der Waals surface area contributed by atoms with Crippen LogP contribution in [0.25, 0.3) is 10.6 Å². The summed E-state index contributed by atoms with van der Waals surface area (Å²) in [6, 6.07) is 2.70. The minimum Gasteiger partial charge on any atom is -0.389 e. The number of aryl methyl sites for hydroxylation is 1. The molecule has 0 saturated carbocycles. The Hall–Kier alpha value is -2.96. The zero-order valence-corrected chi connectivity index (χ0v) is 17.8. The van der Waals surface area contributed by atoms with E-state index >= 15 is 0 Å². The first-order valence-electron chi connectivity index (χ1n) is 9.81. The molecule has 0 spiro atoms. The molecule has 8 nitrogen and oxygen atoms in total. The van der Waals surface area contributed by atoms with E-state index in [1.165, 1.54) is 16.9 Å². The minimum atomic E-state index is -1.18. The van der Waals surface area contributed by atoms with Crippen molar-refractivity contribution in [2.24, 2.45) is 12.8 Å². The Kier molecular flexibility index (Phi) is 6.17. The molecule has 1 aliphatic rings. The predicted molar refractivity (Wildman–Crippen MR) is 114 cm³/mol. The number of rotatable bonds is 4. The van der Waals surface area contributed by atoms with Crippen LogP contribution in [0.2, 0.25) is 0 Å². The third kappa shape index (κ3) is 4.20. The lowest BCUT2D eigenvalue weighted by Gasteiger charge is -2.18. The molecule has 4 rings (SSSR count). The van der Waals surface area contributed by atoms with E-state index in [1.54, 1.807) is 7.05 Å². The SMILES string of the molecule is Cn1ncc(NC(=O)c2nc(-c3c(F)cccc3F)sc2N)c1C1CCC(F)C(N)CO1. The van der Waals surface area contributed by atoms with Crippen LogP contribution >= 0.6 is 11.3 Å². The van der Waals surface area contributed by atoms with E-state index in [0.29, 0.717) is 17.8 Å². The highest BCUT2D eigenvalue weighted by Gasteiger charge is 2.30. The molecule has 170 valence electrons. The quantitative estimate of drug-likeness (QED) is 0.543. The molecule has 5 N–H and O–H groups in total. The fraction of sp³-hybridized carbons (Fsp3) is 0.350. The highest BCUT2D eigenvalue weighted by Crippen LogP contribution is 2.35. The average molecular weight is 466 g/mol. The van der Waals surface area contributed by atoms with Crippen LogP contribution in [-0.4, -0.2) is 39.5 Å². The maximum Gasteiger partial charge on any atom is 0.277 e. The molecule has 3 atom stereocenters. The third-order valence-electron chi connectivity index (χ3n) is 5.24. The lowest BCUT2D eigenvalue weighted by Crippen LogP contribution is -2.34. The van der Waals surface area contributed by atoms with Gasteiger partial charge in [0.15, 0.2) is 5.69 Å². The molecular formula is C20H21F3N6O2S. The van der Waals surface area contributed by atoms with Gasteiger partial charge in [-0.15, -0.1) is 0 Å². The Morgan fingerprint density at radius 1 is 1.31 bits per heavy atom. The van der Waals surface area contributed by atoms with Gasteiger partial charge in [0.2, 0.25) is 0 Å². The van der Waals surface area contributed by atoms with Crippen molar-refractivity contribution < 1.29 is 22.7 Å². The van der Waals surface area contributed by atoms with Crippen molar-refractivity contribution in [3.63, 3.8) is 0 Å². The zero-order valence-electron chi connectivity index (χ0n) is 17.0. The van der Waals surface area contributed by atoms with Gasteiger partial charge in [-0.05, 0) is 25.0 Å². The molecule has 3 unspecified atom stereocenters. The van der Waals surface area contributed by atoms with Gasteiger partial charge in [-0.2, -0.15) is 5.10 Å². The monoisotopic (exact) mass is 466 g/mol. The number of aromatic nitrogens is 3. The number of hydrogen-bond donors (Lipinski definition) is 3. The Morgan fingerprint density at radius 2 is 2.03 bits per heavy atom. The zero-order chi connectivity index (χ0) is 23.0. The molecule has 0 bridgehead atoms. The fourth-order valence-corrected chi connectivity index (χ4v) is 4.44. The van der Waals surface area contributed by atoms with Crippen LogP contribution in [0.5, 0.6) is 0 Å². The number of thiazole rings is 1. The Morgan fingerprint density at radius 3 is 2.75 bits per heavy atom. The summed E-state index contributed by atoms with van der Waals surface area (Å²) in [4.78, 5) is 16.9. The van der Waals surface area contributed by atoms with E-state index < -0.39 is 35.9 Å². The van der Waals surface area contributed by atoms with Crippen LogP contribution in [0.15, 0.2) is 24.4 Å². The molecule has 2 aromatic heterocycles. The summed E-state index contributed by atoms with van der Waals surface area (Å²) in [6.45, 7) is 0.0288. The smallest absolute Gasteiger partial charge is 0.277 e. The molecule has 1 fully saturated rings. The number of alkyl halides is 1. The average Bonchev–Trinajstić information content (AvgIpc) is 3.25. The second kappa shape index (κ2) is 8.88. The molecule has 1 amide bonds. The van der Waals surface area contributed by atoms with Crippen molar-refractivity contribution in [2.45, 2.75) is 31.2 Å². The number of carbonyl (C=O) groups excluding carboxylic acids is 1. The van der Waals surface area contributed by atoms with Crippen LogP contribution in [-0.2, 0) is 11.8 Å². The normalized spacial score (nSPS) is 21.3. The van der Waals surface area contributed by atoms with E-state index in [1.807, 2.05) is 0 Å². The number of carbonyl (C=O) groups is 1. The summed E-state index contributed by atoms with van der Waals surface area (Å²) in [5.41, 5.74) is 12.0. The molecule has 0 radical (unpaired) electrons. The van der Waals surface area contributed by atoms with E-state index in [-0.39, 0.29) is 34.3 Å². The lowest BCUT2D eigenvalue weighted by atomic mass is 10.1. The van der Waals surface area contributed by atoms with E-state index in [4.69, 9.17) is 16.2 Å². The lowest BCUT2D eigenvalue weighted by molar-refractivity contribution is 0.0447. The van der Waals surface area contributed by atoms with Gasteiger partial charge in [0.05, 0.1) is 35.8 Å². The van der Waals surface area contributed by atoms with Crippen molar-refractivity contribution in [2.75, 3.05) is 17.7 Å². The fourth-order valence-electron chi connectivity index (χ4n) is 3.57. The van der Waals surface area contributed by atoms with Gasteiger partial charge < -0.3 is 21.5 Å². The summed E-state index contributed by atoms with van der Waals surface area (Å²) >= 11 is 0.800. The number of hydrogen-bond acceptors (Lipinski definition) is 7. The Balaban J connectivity index is 1.59. The van der Waals surface area contributed by atoms with Crippen LogP contribution < -0.4 is 16.8 Å². The molecule has 1 aromatic carbocycles. The van der Waals surface area contributed by atoms with E-state index in [2.05, 4.69) is 15.4 Å². The number of nitrogen functional groups attached to an aromatic ring is 1. The van der Waals surface area contributed by atoms with Crippen LogP contribution in [0, 0.1) is 11.6 Å². The highest BCUT2D eigenvalue weighted by molar-refractivity contribution is 7.19. The first-order valence-corrected chi connectivity index (χ1v) is 10.6. The van der Waals surface area contributed by atoms with Gasteiger partial charge >= 0.3 is 0 Å². The van der Waals surface area contributed by atoms with Gasteiger partial charge in [-0.3, -0.25) is 9.48 Å². The van der Waals surface area contributed by atoms with Gasteiger partial charge in [0, 0.05) is 7.05 Å². The molecular weight excluding hydrogens is 445 g/mol. The van der Waals surface area contributed by atoms with Crippen molar-refractivity contribution in [1.29, 1.82) is 0 Å². The van der Waals surface area contributed by atoms with E-state index in [0.717, 1.165) is 23.5 Å². The number of amides is 1. The number of nitrogens with zero attached hydrogens (tertiary/aromatic N) is 3. The number of nitrogens with one attached hydrogen (secondary N) is 1. The first kappa shape index (κ1) is 22.2. The second-order valence-electron chi connectivity index (χ2n) is 7.43. The summed E-state index contributed by atoms with van der Waals surface area (Å²) < 4.78 is 49.4. The van der Waals surface area contributed by atoms with Gasteiger partial charge in [0.1, 0.15) is 33.9 Å². The summed E-state index contributed by atoms with van der Waals surface area (Å²) in [5, 5.41) is 6.78. The molecule has 3 heterocycles. The van der Waals surface area contributed by atoms with Crippen LogP contribution in [0.3, 0.4) is 0 Å². The van der Waals surface area contributed by atoms with Crippen molar-refractivity contribution in [1.82, 2.24) is 14.8 Å². The second-order valence-corrected chi connectivity index (χ2v) is 8.46. The van der Waals surface area contributed by atoms with Crippen LogP contribution in [0.4, 0.5) is 23.9 Å². The third-order valence-corrected chi connectivity index (χ3v) is 6.14. The standard InChI is InChI=1S/C20H21F3N6O2S/c1-29-17(14-6-5-9(21)12(24)8-31-14)13(7-26-29)27-19(30)16-18(25)32-20(28-16)15-10(22)3-2-4-11(15)23/h2-4,7,9,12,14H,5-6,8,24-25H2,1H3,(H,27,30). The maximum atomic E-state index is 14.1. The van der Waals surface area contributed by atoms with Gasteiger partial charge in [-0.25, -0.2) is 18.2 Å². The summed E-state index contributed by atoms with van der Waals surface area (Å²) in [5.74, 6) is -2.30. The predicted octanol–water partition coefficient (Wildman–Crippen LogP) is 3.17. The molecule has 32 heavy (non-hydrogen) atoms. The molecule has 12 heteroatoms. The molecule has 3 aromatic rings. The van der Waals surface area contributed by atoms with Gasteiger partial charge in [-0.1, -0.05) is 17.4 Å². The highest BCUT2D eigenvalue weighted by atomic mass is 32.1. The molecule has 1 aliphatic heterocycles. The largest absolute Gasteiger partial charge is 0.389 e. The van der Waals surface area contributed by atoms with Crippen molar-refractivity contribution in [3.8, 4) is 10.6 Å². The summed E-state index contributed by atoms with van der Waals surface area (Å²) in [7, 11) is 1.67. The molecule has 1 saturated heterocycles. The number of anilines is 2. The number of benzene rings is 1. The Bertz CT molecular complexity index is 1120. The van der Waals surface area contributed by atoms with E-state index in [9.17, 15) is 18.0 Å². The Labute approximate surface area is 185 Å². The minimum absolute atomic E-state index is 0.00237. The van der Waals surface area contributed by atoms with Gasteiger partial charge in [0.25, 0.3) is 5.91 Å². The van der Waals surface area contributed by atoms with Crippen molar-refractivity contribution in [3.05, 3.63) is 47.4 Å². The topological polar surface area (TPSA) is 121 Å². The number of ether oxygens (including phenoxy) is 1. The number of nitrogens with two attached hydrogens (primary N) is 2. The number of halogens is 3. The first-order chi connectivity index (χ1) is 15.3. The van der Waals surface area contributed by atoms with Crippen molar-refractivity contribution >= 4 is 27.9 Å². The summed E-state index contributed by atoms with van der Waals surface area (Å²) in [6.07, 6.45) is 0.279.